The minimum Gasteiger partial charge on any atom is -0.297 e. The molecule has 0 aromatic heterocycles. The van der Waals surface area contributed by atoms with Gasteiger partial charge in [0.1, 0.15) is 0 Å². The predicted octanol–water partition coefficient (Wildman–Crippen LogP) is 1.16. The van der Waals surface area contributed by atoms with E-state index >= 15 is 0 Å². The third kappa shape index (κ3) is 1.39. The standard InChI is InChI=1S/C6H10F2N/c1-5-3-6(7,8)4-9(5)2/h5H,1,3-4H2,2H3. The van der Waals surface area contributed by atoms with E-state index in [1.165, 1.54) is 0 Å². The second kappa shape index (κ2) is 1.90. The molecule has 0 aliphatic carbocycles. The van der Waals surface area contributed by atoms with E-state index in [0.29, 0.717) is 0 Å². The molecular formula is C6H10F2N. The molecule has 1 saturated heterocycles. The maximum absolute atomic E-state index is 12.4. The minimum atomic E-state index is -2.50. The summed E-state index contributed by atoms with van der Waals surface area (Å²) < 4.78 is 24.7. The number of alkyl halides is 2. The predicted molar refractivity (Wildman–Crippen MR) is 31.3 cm³/mol. The third-order valence-corrected chi connectivity index (χ3v) is 1.64. The Kier molecular flexibility index (Phi) is 1.47. The van der Waals surface area contributed by atoms with Crippen LogP contribution in [0.5, 0.6) is 0 Å². The molecule has 1 aliphatic rings. The molecule has 1 radical (unpaired) electrons. The molecule has 0 N–H and O–H groups in total. The first-order valence-electron chi connectivity index (χ1n) is 2.92. The average Bonchev–Trinajstić information content (AvgIpc) is 1.79. The lowest BCUT2D eigenvalue weighted by atomic mass is 10.2. The summed E-state index contributed by atoms with van der Waals surface area (Å²) in [6.45, 7) is 3.42. The van der Waals surface area contributed by atoms with Gasteiger partial charge >= 0.3 is 0 Å². The van der Waals surface area contributed by atoms with E-state index in [1.54, 1.807) is 11.9 Å². The molecule has 9 heavy (non-hydrogen) atoms. The van der Waals surface area contributed by atoms with Crippen LogP contribution in [-0.2, 0) is 0 Å². The van der Waals surface area contributed by atoms with Crippen molar-refractivity contribution < 1.29 is 8.78 Å². The van der Waals surface area contributed by atoms with Gasteiger partial charge in [0.2, 0.25) is 0 Å². The molecule has 3 heteroatoms. The lowest BCUT2D eigenvalue weighted by Crippen LogP contribution is -2.23. The van der Waals surface area contributed by atoms with Gasteiger partial charge in [-0.05, 0) is 14.0 Å². The molecule has 0 aromatic rings. The van der Waals surface area contributed by atoms with E-state index in [9.17, 15) is 8.78 Å². The van der Waals surface area contributed by atoms with Crippen LogP contribution in [-0.4, -0.2) is 30.5 Å². The van der Waals surface area contributed by atoms with Crippen LogP contribution in [0.25, 0.3) is 0 Å². The minimum absolute atomic E-state index is 0.0938. The monoisotopic (exact) mass is 134 g/mol. The molecule has 1 atom stereocenters. The van der Waals surface area contributed by atoms with Gasteiger partial charge in [-0.1, -0.05) is 0 Å². The van der Waals surface area contributed by atoms with Gasteiger partial charge < -0.3 is 0 Å². The maximum atomic E-state index is 12.4. The van der Waals surface area contributed by atoms with Crippen LogP contribution < -0.4 is 0 Å². The van der Waals surface area contributed by atoms with Crippen molar-refractivity contribution in [2.75, 3.05) is 13.6 Å². The zero-order valence-corrected chi connectivity index (χ0v) is 5.40. The Hall–Kier alpha value is -0.180. The van der Waals surface area contributed by atoms with Crippen molar-refractivity contribution in [1.82, 2.24) is 4.90 Å². The normalized spacial score (nSPS) is 35.3. The highest BCUT2D eigenvalue weighted by Gasteiger charge is 2.40. The Morgan fingerprint density at radius 2 is 2.22 bits per heavy atom. The smallest absolute Gasteiger partial charge is 0.262 e. The van der Waals surface area contributed by atoms with Crippen molar-refractivity contribution in [1.29, 1.82) is 0 Å². The van der Waals surface area contributed by atoms with Gasteiger partial charge in [-0.25, -0.2) is 8.78 Å². The first-order chi connectivity index (χ1) is 4.01. The fourth-order valence-electron chi connectivity index (χ4n) is 1.06. The molecule has 0 bridgehead atoms. The summed E-state index contributed by atoms with van der Waals surface area (Å²) in [5, 5.41) is 0. The molecule has 1 rings (SSSR count). The fourth-order valence-corrected chi connectivity index (χ4v) is 1.06. The molecule has 0 aromatic carbocycles. The SMILES string of the molecule is [CH2]C1CC(F)(F)CN1C. The van der Waals surface area contributed by atoms with Crippen molar-refractivity contribution in [3.8, 4) is 0 Å². The van der Waals surface area contributed by atoms with Crippen molar-refractivity contribution in [3.05, 3.63) is 6.92 Å². The molecule has 0 saturated carbocycles. The maximum Gasteiger partial charge on any atom is 0.262 e. The molecular weight excluding hydrogens is 124 g/mol. The van der Waals surface area contributed by atoms with Crippen LogP contribution in [0.4, 0.5) is 8.78 Å². The molecule has 1 unspecified atom stereocenters. The van der Waals surface area contributed by atoms with E-state index in [0.717, 1.165) is 0 Å². The van der Waals surface area contributed by atoms with Crippen LogP contribution in [0.15, 0.2) is 0 Å². The summed E-state index contributed by atoms with van der Waals surface area (Å²) in [5.41, 5.74) is 0. The first-order valence-corrected chi connectivity index (χ1v) is 2.92. The Labute approximate surface area is 53.6 Å². The Balaban J connectivity index is 2.54. The van der Waals surface area contributed by atoms with E-state index < -0.39 is 5.92 Å². The van der Waals surface area contributed by atoms with Gasteiger partial charge in [-0.3, -0.25) is 4.90 Å². The highest BCUT2D eigenvalue weighted by atomic mass is 19.3. The number of halogens is 2. The molecule has 1 nitrogen and oxygen atoms in total. The highest BCUT2D eigenvalue weighted by Crippen LogP contribution is 2.29. The number of nitrogens with zero attached hydrogens (tertiary/aromatic N) is 1. The van der Waals surface area contributed by atoms with Crippen LogP contribution >= 0.6 is 0 Å². The first kappa shape index (κ1) is 6.93. The van der Waals surface area contributed by atoms with E-state index in [4.69, 9.17) is 0 Å². The van der Waals surface area contributed by atoms with Crippen LogP contribution in [0.3, 0.4) is 0 Å². The van der Waals surface area contributed by atoms with Crippen molar-refractivity contribution in [2.45, 2.75) is 18.4 Å². The van der Waals surface area contributed by atoms with Crippen molar-refractivity contribution >= 4 is 0 Å². The third-order valence-electron chi connectivity index (χ3n) is 1.64. The van der Waals surface area contributed by atoms with Gasteiger partial charge in [0.15, 0.2) is 0 Å². The zero-order chi connectivity index (χ0) is 7.07. The molecule has 0 spiro atoms. The van der Waals surface area contributed by atoms with E-state index in [1.807, 2.05) is 0 Å². The second-order valence-electron chi connectivity index (χ2n) is 2.63. The van der Waals surface area contributed by atoms with Gasteiger partial charge in [-0.2, -0.15) is 0 Å². The van der Waals surface area contributed by atoms with Crippen molar-refractivity contribution in [2.24, 2.45) is 0 Å². The summed E-state index contributed by atoms with van der Waals surface area (Å²) in [4.78, 5) is 1.57. The quantitative estimate of drug-likeness (QED) is 0.480. The van der Waals surface area contributed by atoms with Gasteiger partial charge in [-0.15, -0.1) is 0 Å². The lowest BCUT2D eigenvalue weighted by molar-refractivity contribution is 0.0143. The molecule has 53 valence electrons. The van der Waals surface area contributed by atoms with Gasteiger partial charge in [0, 0.05) is 12.5 Å². The molecule has 0 amide bonds. The van der Waals surface area contributed by atoms with Crippen molar-refractivity contribution in [3.63, 3.8) is 0 Å². The Morgan fingerprint density at radius 1 is 1.67 bits per heavy atom. The zero-order valence-electron chi connectivity index (χ0n) is 5.40. The van der Waals surface area contributed by atoms with Gasteiger partial charge in [0.05, 0.1) is 6.54 Å². The average molecular weight is 134 g/mol. The topological polar surface area (TPSA) is 3.24 Å². The molecule has 1 heterocycles. The summed E-state index contributed by atoms with van der Waals surface area (Å²) in [6.07, 6.45) is -0.0938. The number of likely N-dealkylation sites (tertiary alicyclic amines) is 1. The number of rotatable bonds is 0. The van der Waals surface area contributed by atoms with Crippen LogP contribution in [0.2, 0.25) is 0 Å². The largest absolute Gasteiger partial charge is 0.297 e. The summed E-state index contributed by atoms with van der Waals surface area (Å²) in [7, 11) is 1.67. The summed E-state index contributed by atoms with van der Waals surface area (Å²) in [6, 6.07) is -0.208. The Morgan fingerprint density at radius 3 is 2.33 bits per heavy atom. The van der Waals surface area contributed by atoms with E-state index in [2.05, 4.69) is 6.92 Å². The number of hydrogen-bond donors (Lipinski definition) is 0. The summed E-state index contributed by atoms with van der Waals surface area (Å²) in [5.74, 6) is -2.50. The molecule has 1 fully saturated rings. The van der Waals surface area contributed by atoms with Crippen LogP contribution in [0, 0.1) is 6.92 Å². The molecule has 1 aliphatic heterocycles. The van der Waals surface area contributed by atoms with Crippen LogP contribution in [0.1, 0.15) is 6.42 Å². The summed E-state index contributed by atoms with van der Waals surface area (Å²) >= 11 is 0. The second-order valence-corrected chi connectivity index (χ2v) is 2.63. The number of hydrogen-bond acceptors (Lipinski definition) is 1. The Bertz CT molecular complexity index is 102. The van der Waals surface area contributed by atoms with E-state index in [-0.39, 0.29) is 19.0 Å². The fraction of sp³-hybridized carbons (Fsp3) is 0.833. The van der Waals surface area contributed by atoms with Gasteiger partial charge in [0.25, 0.3) is 5.92 Å². The lowest BCUT2D eigenvalue weighted by Gasteiger charge is -2.11. The highest BCUT2D eigenvalue weighted by molar-refractivity contribution is 4.89.